The van der Waals surface area contributed by atoms with Gasteiger partial charge in [-0.1, -0.05) is 60.2 Å². The molecule has 0 fully saturated rings. The van der Waals surface area contributed by atoms with Gasteiger partial charge in [-0.3, -0.25) is 0 Å². The second-order valence-corrected chi connectivity index (χ2v) is 7.94. The Morgan fingerprint density at radius 1 is 0.871 bits per heavy atom. The van der Waals surface area contributed by atoms with Crippen molar-refractivity contribution in [1.29, 1.82) is 0 Å². The Labute approximate surface area is 178 Å². The minimum atomic E-state index is 0.662. The molecule has 0 bridgehead atoms. The average molecular weight is 404 g/mol. The van der Waals surface area contributed by atoms with E-state index in [1.54, 1.807) is 10.8 Å². The maximum atomic E-state index is 4.85. The highest BCUT2D eigenvalue weighted by molar-refractivity contribution is 5.89. The van der Waals surface area contributed by atoms with Gasteiger partial charge in [-0.05, 0) is 41.8 Å². The first-order chi connectivity index (χ1) is 15.2. The van der Waals surface area contributed by atoms with Gasteiger partial charge in [0.15, 0.2) is 17.1 Å². The second kappa shape index (κ2) is 6.74. The van der Waals surface area contributed by atoms with Crippen molar-refractivity contribution in [3.05, 3.63) is 95.7 Å². The van der Waals surface area contributed by atoms with E-state index < -0.39 is 0 Å². The predicted octanol–water partition coefficient (Wildman–Crippen LogP) is 4.82. The largest absolute Gasteiger partial charge is 0.216 e. The Morgan fingerprint density at radius 3 is 2.65 bits per heavy atom. The minimum Gasteiger partial charge on any atom is -0.216 e. The molecule has 0 saturated heterocycles. The van der Waals surface area contributed by atoms with Crippen LogP contribution in [0.5, 0.6) is 0 Å². The Bertz CT molecular complexity index is 1590. The Morgan fingerprint density at radius 2 is 1.74 bits per heavy atom. The van der Waals surface area contributed by atoms with Crippen molar-refractivity contribution < 1.29 is 0 Å². The van der Waals surface area contributed by atoms with E-state index in [2.05, 4.69) is 89.7 Å². The fraction of sp³-hybridized carbons (Fsp3) is 0.120. The lowest BCUT2D eigenvalue weighted by molar-refractivity contribution is 0.863. The van der Waals surface area contributed by atoms with Gasteiger partial charge in [0.1, 0.15) is 6.33 Å². The van der Waals surface area contributed by atoms with Gasteiger partial charge in [0.05, 0.1) is 17.3 Å². The van der Waals surface area contributed by atoms with Crippen molar-refractivity contribution in [2.45, 2.75) is 20.3 Å². The van der Waals surface area contributed by atoms with Crippen LogP contribution in [0, 0.1) is 13.8 Å². The monoisotopic (exact) mass is 404 g/mol. The van der Waals surface area contributed by atoms with Gasteiger partial charge in [-0.15, -0.1) is 5.10 Å². The maximum Gasteiger partial charge on any atom is 0.170 e. The van der Waals surface area contributed by atoms with E-state index in [0.717, 1.165) is 33.8 Å². The third-order valence-corrected chi connectivity index (χ3v) is 5.76. The molecule has 0 spiro atoms. The fourth-order valence-electron chi connectivity index (χ4n) is 4.28. The van der Waals surface area contributed by atoms with Gasteiger partial charge in [0, 0.05) is 6.42 Å². The molecule has 0 atom stereocenters. The zero-order valence-corrected chi connectivity index (χ0v) is 17.3. The summed E-state index contributed by atoms with van der Waals surface area (Å²) in [5.41, 5.74) is 6.17. The van der Waals surface area contributed by atoms with E-state index in [0.29, 0.717) is 6.42 Å². The van der Waals surface area contributed by atoms with Gasteiger partial charge in [0.25, 0.3) is 0 Å². The van der Waals surface area contributed by atoms with Crippen molar-refractivity contribution in [2.75, 3.05) is 0 Å². The molecule has 31 heavy (non-hydrogen) atoms. The number of hydrogen-bond donors (Lipinski definition) is 0. The smallest absolute Gasteiger partial charge is 0.170 e. The van der Waals surface area contributed by atoms with E-state index in [-0.39, 0.29) is 0 Å². The third kappa shape index (κ3) is 2.87. The molecule has 3 aromatic carbocycles. The van der Waals surface area contributed by atoms with Crippen LogP contribution in [0.3, 0.4) is 0 Å². The van der Waals surface area contributed by atoms with Crippen LogP contribution in [0.15, 0.2) is 73.2 Å². The summed E-state index contributed by atoms with van der Waals surface area (Å²) in [6.07, 6.45) is 4.21. The standard InChI is InChI=1S/C25H20N6/c1-16-10-11-22(17(2)12-16)31-24-21(14-27-31)25-28-23(29-30(25)15-26-24)13-19-8-5-7-18-6-3-4-9-20(18)19/h3-12,14-15H,13H2,1-2H3. The molecule has 6 heteroatoms. The Kier molecular flexibility index (Phi) is 3.86. The second-order valence-electron chi connectivity index (χ2n) is 7.94. The molecule has 3 heterocycles. The van der Waals surface area contributed by atoms with E-state index in [1.807, 2.05) is 10.9 Å². The topological polar surface area (TPSA) is 60.9 Å². The molecule has 6 rings (SSSR count). The van der Waals surface area contributed by atoms with Crippen LogP contribution in [0.2, 0.25) is 0 Å². The molecule has 6 nitrogen and oxygen atoms in total. The van der Waals surface area contributed by atoms with Crippen LogP contribution >= 0.6 is 0 Å². The lowest BCUT2D eigenvalue weighted by Gasteiger charge is -2.07. The van der Waals surface area contributed by atoms with Gasteiger partial charge in [-0.25, -0.2) is 19.2 Å². The lowest BCUT2D eigenvalue weighted by Crippen LogP contribution is -2.01. The molecular formula is C25H20N6. The van der Waals surface area contributed by atoms with Gasteiger partial charge >= 0.3 is 0 Å². The number of hydrogen-bond acceptors (Lipinski definition) is 4. The van der Waals surface area contributed by atoms with Gasteiger partial charge in [0.2, 0.25) is 0 Å². The highest BCUT2D eigenvalue weighted by atomic mass is 15.3. The first-order valence-electron chi connectivity index (χ1n) is 10.3. The molecule has 0 radical (unpaired) electrons. The number of fused-ring (bicyclic) bond motifs is 4. The molecule has 0 amide bonds. The molecule has 0 aliphatic heterocycles. The molecule has 150 valence electrons. The molecule has 0 aliphatic rings. The zero-order chi connectivity index (χ0) is 20.9. The summed E-state index contributed by atoms with van der Waals surface area (Å²) in [5.74, 6) is 0.768. The van der Waals surface area contributed by atoms with E-state index in [9.17, 15) is 0 Å². The zero-order valence-electron chi connectivity index (χ0n) is 17.3. The minimum absolute atomic E-state index is 0.662. The predicted molar refractivity (Wildman–Crippen MR) is 122 cm³/mol. The SMILES string of the molecule is Cc1ccc(-n2ncc3c2ncn2nc(Cc4cccc5ccccc45)nc32)c(C)c1. The highest BCUT2D eigenvalue weighted by Crippen LogP contribution is 2.24. The number of aryl methyl sites for hydroxylation is 2. The Balaban J connectivity index is 1.46. The van der Waals surface area contributed by atoms with Crippen LogP contribution in [-0.4, -0.2) is 29.4 Å². The molecule has 0 unspecified atom stereocenters. The van der Waals surface area contributed by atoms with Crippen molar-refractivity contribution in [1.82, 2.24) is 29.4 Å². The lowest BCUT2D eigenvalue weighted by atomic mass is 10.0. The van der Waals surface area contributed by atoms with Crippen molar-refractivity contribution in [3.8, 4) is 5.69 Å². The summed E-state index contributed by atoms with van der Waals surface area (Å²) in [6.45, 7) is 4.18. The summed E-state index contributed by atoms with van der Waals surface area (Å²) in [5, 5.41) is 12.6. The first kappa shape index (κ1) is 17.8. The number of benzene rings is 3. The average Bonchev–Trinajstić information content (AvgIpc) is 3.38. The summed E-state index contributed by atoms with van der Waals surface area (Å²) in [7, 11) is 0. The summed E-state index contributed by atoms with van der Waals surface area (Å²) in [4.78, 5) is 9.49. The van der Waals surface area contributed by atoms with Crippen molar-refractivity contribution >= 4 is 27.5 Å². The van der Waals surface area contributed by atoms with Crippen molar-refractivity contribution in [3.63, 3.8) is 0 Å². The quantitative estimate of drug-likeness (QED) is 0.424. The van der Waals surface area contributed by atoms with Crippen LogP contribution in [0.25, 0.3) is 33.1 Å². The maximum absolute atomic E-state index is 4.85. The van der Waals surface area contributed by atoms with E-state index in [1.165, 1.54) is 21.9 Å². The van der Waals surface area contributed by atoms with E-state index in [4.69, 9.17) is 4.98 Å². The summed E-state index contributed by atoms with van der Waals surface area (Å²) >= 11 is 0. The molecule has 0 N–H and O–H groups in total. The summed E-state index contributed by atoms with van der Waals surface area (Å²) in [6, 6.07) is 21.1. The fourth-order valence-corrected chi connectivity index (χ4v) is 4.28. The number of rotatable bonds is 3. The Hall–Kier alpha value is -4.06. The van der Waals surface area contributed by atoms with Crippen molar-refractivity contribution in [2.24, 2.45) is 0 Å². The van der Waals surface area contributed by atoms with Crippen LogP contribution in [0.1, 0.15) is 22.5 Å². The molecule has 3 aromatic heterocycles. The first-order valence-corrected chi connectivity index (χ1v) is 10.3. The number of nitrogens with zero attached hydrogens (tertiary/aromatic N) is 6. The highest BCUT2D eigenvalue weighted by Gasteiger charge is 2.15. The molecular weight excluding hydrogens is 384 g/mol. The molecule has 0 saturated carbocycles. The van der Waals surface area contributed by atoms with Gasteiger partial charge < -0.3 is 0 Å². The normalized spacial score (nSPS) is 11.7. The third-order valence-electron chi connectivity index (χ3n) is 5.76. The number of aromatic nitrogens is 6. The molecule has 6 aromatic rings. The van der Waals surface area contributed by atoms with Crippen LogP contribution in [-0.2, 0) is 6.42 Å². The van der Waals surface area contributed by atoms with Gasteiger partial charge in [-0.2, -0.15) is 5.10 Å². The van der Waals surface area contributed by atoms with E-state index >= 15 is 0 Å². The summed E-state index contributed by atoms with van der Waals surface area (Å²) < 4.78 is 3.62. The van der Waals surface area contributed by atoms with Crippen LogP contribution < -0.4 is 0 Å². The molecule has 0 aliphatic carbocycles. The van der Waals surface area contributed by atoms with Crippen LogP contribution in [0.4, 0.5) is 0 Å².